The van der Waals surface area contributed by atoms with Crippen LogP contribution < -0.4 is 5.32 Å². The molecule has 1 saturated heterocycles. The van der Waals surface area contributed by atoms with Crippen molar-refractivity contribution in [2.45, 2.75) is 26.7 Å². The molecule has 1 fully saturated rings. The molecule has 8 heteroatoms. The van der Waals surface area contributed by atoms with E-state index in [1.165, 1.54) is 4.31 Å². The number of sulfonamides is 1. The van der Waals surface area contributed by atoms with E-state index in [1.807, 2.05) is 6.92 Å². The zero-order chi connectivity index (χ0) is 14.8. The van der Waals surface area contributed by atoms with Crippen LogP contribution in [-0.2, 0) is 14.8 Å². The van der Waals surface area contributed by atoms with Gasteiger partial charge < -0.3 is 5.32 Å². The van der Waals surface area contributed by atoms with E-state index in [2.05, 4.69) is 15.5 Å². The minimum atomic E-state index is -3.14. The van der Waals surface area contributed by atoms with Gasteiger partial charge in [-0.1, -0.05) is 0 Å². The van der Waals surface area contributed by atoms with Gasteiger partial charge in [0.25, 0.3) is 0 Å². The maximum Gasteiger partial charge on any atom is 0.228 e. The summed E-state index contributed by atoms with van der Waals surface area (Å²) in [7, 11) is -3.14. The Hall–Kier alpha value is -1.41. The van der Waals surface area contributed by atoms with Crippen molar-refractivity contribution in [1.29, 1.82) is 0 Å². The summed E-state index contributed by atoms with van der Waals surface area (Å²) in [6, 6.07) is 0. The zero-order valence-electron chi connectivity index (χ0n) is 11.7. The molecule has 1 amide bonds. The number of carbonyl (C=O) groups excluding carboxylic acids is 1. The lowest BCUT2D eigenvalue weighted by Gasteiger charge is -2.30. The minimum Gasteiger partial charge on any atom is -0.311 e. The third-order valence-corrected chi connectivity index (χ3v) is 5.54. The Morgan fingerprint density at radius 1 is 1.50 bits per heavy atom. The van der Waals surface area contributed by atoms with Gasteiger partial charge in [0.1, 0.15) is 5.82 Å². The molecule has 0 atom stereocenters. The van der Waals surface area contributed by atoms with E-state index >= 15 is 0 Å². The van der Waals surface area contributed by atoms with Crippen LogP contribution in [0.4, 0.5) is 5.82 Å². The van der Waals surface area contributed by atoms with Crippen molar-refractivity contribution < 1.29 is 13.2 Å². The predicted octanol–water partition coefficient (Wildman–Crippen LogP) is 0.718. The summed E-state index contributed by atoms with van der Waals surface area (Å²) in [5, 5.41) is 9.38. The number of carbonyl (C=O) groups is 1. The molecule has 0 aliphatic carbocycles. The van der Waals surface area contributed by atoms with Crippen LogP contribution in [0.15, 0.2) is 6.20 Å². The molecule has 1 aromatic heterocycles. The lowest BCUT2D eigenvalue weighted by atomic mass is 9.97. The van der Waals surface area contributed by atoms with E-state index in [0.29, 0.717) is 31.7 Å². The second-order valence-corrected chi connectivity index (χ2v) is 7.25. The van der Waals surface area contributed by atoms with Gasteiger partial charge in [-0.05, 0) is 26.7 Å². The van der Waals surface area contributed by atoms with Crippen molar-refractivity contribution in [2.75, 3.05) is 24.2 Å². The quantitative estimate of drug-likeness (QED) is 0.856. The number of rotatable bonds is 4. The van der Waals surface area contributed by atoms with Crippen LogP contribution in [0.2, 0.25) is 0 Å². The van der Waals surface area contributed by atoms with Crippen molar-refractivity contribution in [3.63, 3.8) is 0 Å². The van der Waals surface area contributed by atoms with E-state index in [-0.39, 0.29) is 17.6 Å². The van der Waals surface area contributed by atoms with Crippen molar-refractivity contribution in [1.82, 2.24) is 14.5 Å². The van der Waals surface area contributed by atoms with Gasteiger partial charge in [0.2, 0.25) is 15.9 Å². The molecule has 2 rings (SSSR count). The third kappa shape index (κ3) is 3.18. The molecule has 2 N–H and O–H groups in total. The molecule has 1 aliphatic rings. The molecule has 0 aromatic carbocycles. The smallest absolute Gasteiger partial charge is 0.228 e. The topological polar surface area (TPSA) is 95.2 Å². The number of aromatic amines is 1. The van der Waals surface area contributed by atoms with Crippen LogP contribution in [-0.4, -0.2) is 47.7 Å². The van der Waals surface area contributed by atoms with E-state index < -0.39 is 10.0 Å². The van der Waals surface area contributed by atoms with Gasteiger partial charge in [-0.3, -0.25) is 9.89 Å². The molecule has 1 aromatic rings. The van der Waals surface area contributed by atoms with Crippen LogP contribution in [0.25, 0.3) is 0 Å². The molecule has 112 valence electrons. The average molecular weight is 300 g/mol. The van der Waals surface area contributed by atoms with Gasteiger partial charge in [0.05, 0.1) is 11.9 Å². The molecule has 0 saturated carbocycles. The molecule has 0 bridgehead atoms. The highest BCUT2D eigenvalue weighted by molar-refractivity contribution is 7.89. The van der Waals surface area contributed by atoms with Gasteiger partial charge >= 0.3 is 0 Å². The lowest BCUT2D eigenvalue weighted by molar-refractivity contribution is -0.120. The second-order valence-electron chi connectivity index (χ2n) is 4.99. The molecule has 1 aliphatic heterocycles. The fourth-order valence-electron chi connectivity index (χ4n) is 2.28. The van der Waals surface area contributed by atoms with E-state index in [4.69, 9.17) is 0 Å². The van der Waals surface area contributed by atoms with Crippen LogP contribution in [0.5, 0.6) is 0 Å². The first-order chi connectivity index (χ1) is 9.44. The molecule has 7 nitrogen and oxygen atoms in total. The Morgan fingerprint density at radius 3 is 2.65 bits per heavy atom. The van der Waals surface area contributed by atoms with E-state index in [1.54, 1.807) is 13.1 Å². The van der Waals surface area contributed by atoms with Crippen LogP contribution in [0.3, 0.4) is 0 Å². The lowest BCUT2D eigenvalue weighted by Crippen LogP contribution is -2.42. The summed E-state index contributed by atoms with van der Waals surface area (Å²) in [6.45, 7) is 4.32. The number of nitrogens with zero attached hydrogens (tertiary/aromatic N) is 2. The molecule has 0 unspecified atom stereocenters. The third-order valence-electron chi connectivity index (χ3n) is 3.66. The Bertz CT molecular complexity index is 573. The maximum atomic E-state index is 12.1. The van der Waals surface area contributed by atoms with Crippen LogP contribution in [0, 0.1) is 12.8 Å². The van der Waals surface area contributed by atoms with Crippen molar-refractivity contribution in [3.05, 3.63) is 11.8 Å². The number of aryl methyl sites for hydroxylation is 1. The highest BCUT2D eigenvalue weighted by Gasteiger charge is 2.30. The molecular formula is C12H20N4O3S. The van der Waals surface area contributed by atoms with Gasteiger partial charge in [0, 0.05) is 24.6 Å². The summed E-state index contributed by atoms with van der Waals surface area (Å²) in [5.41, 5.74) is 0.879. The first kappa shape index (κ1) is 15.0. The fraction of sp³-hybridized carbons (Fsp3) is 0.667. The van der Waals surface area contributed by atoms with Crippen molar-refractivity contribution >= 4 is 21.7 Å². The number of hydrogen-bond acceptors (Lipinski definition) is 4. The Labute approximate surface area is 118 Å². The zero-order valence-corrected chi connectivity index (χ0v) is 12.5. The first-order valence-electron chi connectivity index (χ1n) is 6.72. The highest BCUT2D eigenvalue weighted by atomic mass is 32.2. The number of anilines is 1. The van der Waals surface area contributed by atoms with Crippen LogP contribution in [0.1, 0.15) is 25.3 Å². The van der Waals surface area contributed by atoms with Gasteiger partial charge in [-0.2, -0.15) is 5.10 Å². The van der Waals surface area contributed by atoms with Crippen LogP contribution >= 0.6 is 0 Å². The second kappa shape index (κ2) is 5.92. The molecule has 20 heavy (non-hydrogen) atoms. The standard InChI is InChI=1S/C12H20N4O3S/c1-3-20(18,19)16-6-4-10(5-7-16)12(17)14-11-9(2)8-13-15-11/h8,10H,3-7H2,1-2H3,(H2,13,14,15,17). The highest BCUT2D eigenvalue weighted by Crippen LogP contribution is 2.21. The first-order valence-corrected chi connectivity index (χ1v) is 8.33. The molecule has 0 spiro atoms. The average Bonchev–Trinajstić information content (AvgIpc) is 2.84. The Kier molecular flexibility index (Phi) is 4.44. The Balaban J connectivity index is 1.91. The largest absolute Gasteiger partial charge is 0.311 e. The number of piperidine rings is 1. The maximum absolute atomic E-state index is 12.1. The normalized spacial score (nSPS) is 18.1. The monoisotopic (exact) mass is 300 g/mol. The van der Waals surface area contributed by atoms with Gasteiger partial charge in [-0.15, -0.1) is 0 Å². The molecule has 2 heterocycles. The van der Waals surface area contributed by atoms with Crippen molar-refractivity contribution in [2.24, 2.45) is 5.92 Å². The number of nitrogens with one attached hydrogen (secondary N) is 2. The number of H-pyrrole nitrogens is 1. The van der Waals surface area contributed by atoms with Crippen molar-refractivity contribution in [3.8, 4) is 0 Å². The summed E-state index contributed by atoms with van der Waals surface area (Å²) >= 11 is 0. The predicted molar refractivity (Wildman–Crippen MR) is 75.7 cm³/mol. The fourth-order valence-corrected chi connectivity index (χ4v) is 3.41. The number of aromatic nitrogens is 2. The Morgan fingerprint density at radius 2 is 2.15 bits per heavy atom. The van der Waals surface area contributed by atoms with E-state index in [0.717, 1.165) is 5.56 Å². The molecule has 0 radical (unpaired) electrons. The van der Waals surface area contributed by atoms with Gasteiger partial charge in [0.15, 0.2) is 0 Å². The number of amides is 1. The number of hydrogen-bond donors (Lipinski definition) is 2. The summed E-state index contributed by atoms with van der Waals surface area (Å²) in [5.74, 6) is 0.488. The summed E-state index contributed by atoms with van der Waals surface area (Å²) < 4.78 is 25.0. The summed E-state index contributed by atoms with van der Waals surface area (Å²) in [4.78, 5) is 12.1. The SMILES string of the molecule is CCS(=O)(=O)N1CCC(C(=O)Nc2[nH]ncc2C)CC1. The summed E-state index contributed by atoms with van der Waals surface area (Å²) in [6.07, 6.45) is 2.75. The van der Waals surface area contributed by atoms with Gasteiger partial charge in [-0.25, -0.2) is 12.7 Å². The minimum absolute atomic E-state index is 0.0779. The van der Waals surface area contributed by atoms with E-state index in [9.17, 15) is 13.2 Å². The molecular weight excluding hydrogens is 280 g/mol.